The number of aromatic nitrogens is 2. The number of rotatable bonds is 6. The van der Waals surface area contributed by atoms with Crippen molar-refractivity contribution < 1.29 is 19.4 Å². The largest absolute Gasteiger partial charge is 0.546 e. The first kappa shape index (κ1) is 18.1. The number of carboxylic acid groups (broad SMARTS) is 1. The van der Waals surface area contributed by atoms with Gasteiger partial charge in [0.2, 0.25) is 0 Å². The lowest BCUT2D eigenvalue weighted by Crippen LogP contribution is -2.28. The number of nitrogens with zero attached hydrogens (tertiary/aromatic N) is 3. The van der Waals surface area contributed by atoms with Crippen LogP contribution in [0.5, 0.6) is 5.75 Å². The number of carbonyl (C=O) groups excluding carboxylic acids is 2. The van der Waals surface area contributed by atoms with E-state index in [1.807, 2.05) is 18.2 Å². The molecule has 0 radical (unpaired) electrons. The predicted octanol–water partition coefficient (Wildman–Crippen LogP) is 0.925. The molecule has 0 aliphatic heterocycles. The van der Waals surface area contributed by atoms with Gasteiger partial charge in [0.15, 0.2) is 0 Å². The zero-order valence-electron chi connectivity index (χ0n) is 14.8. The number of amides is 1. The minimum absolute atomic E-state index is 0.362. The fraction of sp³-hybridized carbons (Fsp3) is 0.158. The van der Waals surface area contributed by atoms with Crippen LogP contribution in [0.1, 0.15) is 28.7 Å². The molecule has 8 nitrogen and oxygen atoms in total. The third-order valence-electron chi connectivity index (χ3n) is 3.87. The van der Waals surface area contributed by atoms with Crippen LogP contribution < -0.4 is 15.3 Å². The van der Waals surface area contributed by atoms with Gasteiger partial charge in [-0.05, 0) is 55.8 Å². The Hall–Kier alpha value is -3.68. The van der Waals surface area contributed by atoms with Crippen molar-refractivity contribution in [2.75, 3.05) is 6.61 Å². The summed E-state index contributed by atoms with van der Waals surface area (Å²) in [5, 5.41) is 14.5. The number of aryl methyl sites for hydroxylation is 1. The molecule has 0 aliphatic carbocycles. The van der Waals surface area contributed by atoms with E-state index in [4.69, 9.17) is 4.74 Å². The van der Waals surface area contributed by atoms with Crippen molar-refractivity contribution >= 4 is 23.2 Å². The Bertz CT molecular complexity index is 1020. The van der Waals surface area contributed by atoms with E-state index in [9.17, 15) is 14.7 Å². The first-order chi connectivity index (χ1) is 13.0. The quantitative estimate of drug-likeness (QED) is 0.516. The van der Waals surface area contributed by atoms with Gasteiger partial charge in [0, 0.05) is 6.20 Å². The maximum absolute atomic E-state index is 12.5. The van der Waals surface area contributed by atoms with E-state index in [1.165, 1.54) is 0 Å². The summed E-state index contributed by atoms with van der Waals surface area (Å²) in [5.41, 5.74) is 5.61. The van der Waals surface area contributed by atoms with E-state index in [0.29, 0.717) is 28.5 Å². The first-order valence-electron chi connectivity index (χ1n) is 8.17. The second-order valence-electron chi connectivity index (χ2n) is 5.80. The molecule has 0 saturated heterocycles. The van der Waals surface area contributed by atoms with Gasteiger partial charge in [-0.15, -0.1) is 0 Å². The third kappa shape index (κ3) is 4.12. The monoisotopic (exact) mass is 365 g/mol. The molecule has 1 N–H and O–H groups in total. The van der Waals surface area contributed by atoms with Crippen LogP contribution in [0.3, 0.4) is 0 Å². The highest BCUT2D eigenvalue weighted by molar-refractivity contribution is 6.01. The molecule has 8 heteroatoms. The van der Waals surface area contributed by atoms with E-state index < -0.39 is 12.6 Å². The number of benzene rings is 1. The van der Waals surface area contributed by atoms with Gasteiger partial charge >= 0.3 is 0 Å². The number of aliphatic carboxylic acids is 1. The molecule has 0 saturated carbocycles. The van der Waals surface area contributed by atoms with E-state index in [2.05, 4.69) is 15.5 Å². The lowest BCUT2D eigenvalue weighted by atomic mass is 10.1. The van der Waals surface area contributed by atoms with Crippen molar-refractivity contribution in [1.29, 1.82) is 0 Å². The number of hydrogen-bond donors (Lipinski definition) is 1. The Labute approximate surface area is 155 Å². The lowest BCUT2D eigenvalue weighted by molar-refractivity contribution is -0.307. The van der Waals surface area contributed by atoms with Gasteiger partial charge in [-0.1, -0.05) is 6.07 Å². The number of carbonyl (C=O) groups is 2. The van der Waals surface area contributed by atoms with Gasteiger partial charge in [-0.25, -0.2) is 10.4 Å². The van der Waals surface area contributed by atoms with Crippen molar-refractivity contribution in [3.63, 3.8) is 0 Å². The average molecular weight is 365 g/mol. The molecule has 0 atom stereocenters. The maximum atomic E-state index is 12.5. The summed E-state index contributed by atoms with van der Waals surface area (Å²) in [6, 6.07) is 12.2. The molecule has 0 fully saturated rings. The van der Waals surface area contributed by atoms with Crippen molar-refractivity contribution in [3.8, 4) is 5.75 Å². The Morgan fingerprint density at radius 2 is 1.96 bits per heavy atom. The second-order valence-corrected chi connectivity index (χ2v) is 5.80. The number of fused-ring (bicyclic) bond motifs is 1. The summed E-state index contributed by atoms with van der Waals surface area (Å²) in [5.74, 6) is -1.25. The zero-order valence-corrected chi connectivity index (χ0v) is 14.8. The highest BCUT2D eigenvalue weighted by atomic mass is 16.5. The van der Waals surface area contributed by atoms with Crippen LogP contribution in [0.15, 0.2) is 53.8 Å². The van der Waals surface area contributed by atoms with Gasteiger partial charge in [0.25, 0.3) is 5.91 Å². The molecule has 2 heterocycles. The standard InChI is InChI=1S/C19H18N4O4/c1-12(14-6-8-15(9-7-14)27-11-17(24)25)21-22-19(26)18-13(2)20-16-5-3-4-10-23(16)18/h3-10H,11H2,1-2H3,(H,22,26)(H,24,25)/p-1/b21-12-. The van der Waals surface area contributed by atoms with Crippen LogP contribution in [0, 0.1) is 6.92 Å². The normalized spacial score (nSPS) is 11.4. The average Bonchev–Trinajstić information content (AvgIpc) is 3.00. The summed E-state index contributed by atoms with van der Waals surface area (Å²) in [6.07, 6.45) is 1.77. The number of ether oxygens (including phenoxy) is 1. The van der Waals surface area contributed by atoms with Crippen LogP contribution in [-0.2, 0) is 4.79 Å². The van der Waals surface area contributed by atoms with Crippen LogP contribution in [0.25, 0.3) is 5.65 Å². The SMILES string of the molecule is C/C(=N/NC(=O)c1c(C)nc2ccccn12)c1ccc(OCC(=O)[O-])cc1. The molecule has 138 valence electrons. The smallest absolute Gasteiger partial charge is 0.290 e. The minimum atomic E-state index is -1.29. The van der Waals surface area contributed by atoms with E-state index in [0.717, 1.165) is 5.56 Å². The van der Waals surface area contributed by atoms with Crippen LogP contribution >= 0.6 is 0 Å². The molecule has 2 aromatic heterocycles. The fourth-order valence-electron chi connectivity index (χ4n) is 2.57. The van der Waals surface area contributed by atoms with Crippen molar-refractivity contribution in [1.82, 2.24) is 14.8 Å². The molecule has 0 bridgehead atoms. The summed E-state index contributed by atoms with van der Waals surface area (Å²) < 4.78 is 6.73. The summed E-state index contributed by atoms with van der Waals surface area (Å²) in [6.45, 7) is 3.00. The lowest BCUT2D eigenvalue weighted by Gasteiger charge is -2.08. The summed E-state index contributed by atoms with van der Waals surface area (Å²) in [7, 11) is 0. The number of imidazole rings is 1. The highest BCUT2D eigenvalue weighted by Gasteiger charge is 2.15. The van der Waals surface area contributed by atoms with Crippen LogP contribution in [0.2, 0.25) is 0 Å². The Kier molecular flexibility index (Phi) is 5.16. The van der Waals surface area contributed by atoms with E-state index >= 15 is 0 Å². The molecule has 27 heavy (non-hydrogen) atoms. The van der Waals surface area contributed by atoms with Gasteiger partial charge in [0.05, 0.1) is 17.4 Å². The number of hydrazone groups is 1. The Balaban J connectivity index is 1.72. The van der Waals surface area contributed by atoms with Crippen molar-refractivity contribution in [2.45, 2.75) is 13.8 Å². The molecule has 3 aromatic rings. The first-order valence-corrected chi connectivity index (χ1v) is 8.17. The third-order valence-corrected chi connectivity index (χ3v) is 3.87. The molecular weight excluding hydrogens is 348 g/mol. The highest BCUT2D eigenvalue weighted by Crippen LogP contribution is 2.14. The molecule has 0 unspecified atom stereocenters. The van der Waals surface area contributed by atoms with Crippen molar-refractivity contribution in [2.24, 2.45) is 5.10 Å². The topological polar surface area (TPSA) is 108 Å². The van der Waals surface area contributed by atoms with Crippen molar-refractivity contribution in [3.05, 3.63) is 65.6 Å². The fourth-order valence-corrected chi connectivity index (χ4v) is 2.57. The molecule has 1 amide bonds. The van der Waals surface area contributed by atoms with Gasteiger partial charge in [-0.2, -0.15) is 5.10 Å². The second kappa shape index (κ2) is 7.69. The van der Waals surface area contributed by atoms with Gasteiger partial charge < -0.3 is 14.6 Å². The number of carboxylic acids is 1. The molecular formula is C19H17N4O4-. The van der Waals surface area contributed by atoms with E-state index in [-0.39, 0.29) is 5.91 Å². The zero-order chi connectivity index (χ0) is 19.4. The Morgan fingerprint density at radius 3 is 2.67 bits per heavy atom. The van der Waals surface area contributed by atoms with Crippen LogP contribution in [-0.4, -0.2) is 33.6 Å². The molecule has 0 spiro atoms. The summed E-state index contributed by atoms with van der Waals surface area (Å²) >= 11 is 0. The Morgan fingerprint density at radius 1 is 1.22 bits per heavy atom. The van der Waals surface area contributed by atoms with Crippen LogP contribution in [0.4, 0.5) is 0 Å². The molecule has 3 rings (SSSR count). The molecule has 0 aliphatic rings. The molecule has 1 aromatic carbocycles. The number of nitrogens with one attached hydrogen (secondary N) is 1. The van der Waals surface area contributed by atoms with Gasteiger partial charge in [-0.3, -0.25) is 9.20 Å². The predicted molar refractivity (Wildman–Crippen MR) is 96.6 cm³/mol. The maximum Gasteiger partial charge on any atom is 0.290 e. The van der Waals surface area contributed by atoms with E-state index in [1.54, 1.807) is 48.7 Å². The summed E-state index contributed by atoms with van der Waals surface area (Å²) in [4.78, 5) is 27.3. The number of pyridine rings is 1. The van der Waals surface area contributed by atoms with Gasteiger partial charge in [0.1, 0.15) is 23.7 Å². The minimum Gasteiger partial charge on any atom is -0.546 e. The number of hydrogen-bond acceptors (Lipinski definition) is 6.